The number of ether oxygens (including phenoxy) is 1. The first-order valence-corrected chi connectivity index (χ1v) is 6.05. The Morgan fingerprint density at radius 1 is 1.47 bits per heavy atom. The van der Waals surface area contributed by atoms with Gasteiger partial charge in [0.1, 0.15) is 0 Å². The smallest absolute Gasteiger partial charge is 0.196 e. The molecule has 0 amide bonds. The van der Waals surface area contributed by atoms with E-state index in [2.05, 4.69) is 4.90 Å². The highest BCUT2D eigenvalue weighted by Crippen LogP contribution is 2.25. The highest BCUT2D eigenvalue weighted by atomic mass is 16.5. The maximum atomic E-state index is 11.1. The monoisotopic (exact) mass is 237 g/mol. The average molecular weight is 237 g/mol. The number of carbonyl (C=O) groups excluding carboxylic acids is 1. The predicted octanol–water partition coefficient (Wildman–Crippen LogP) is 2.35. The Morgan fingerprint density at radius 2 is 2.18 bits per heavy atom. The fraction of sp³-hybridized carbons (Fsp3) is 0.615. The van der Waals surface area contributed by atoms with Gasteiger partial charge in [0.05, 0.1) is 0 Å². The molecule has 0 aromatic carbocycles. The second-order valence-electron chi connectivity index (χ2n) is 4.58. The molecule has 94 valence electrons. The van der Waals surface area contributed by atoms with Crippen LogP contribution in [0.25, 0.3) is 0 Å². The van der Waals surface area contributed by atoms with E-state index in [1.807, 2.05) is 6.07 Å². The molecule has 4 nitrogen and oxygen atoms in total. The molecule has 0 aliphatic carbocycles. The molecule has 17 heavy (non-hydrogen) atoms. The lowest BCUT2D eigenvalue weighted by molar-refractivity contribution is 0.0987. The van der Waals surface area contributed by atoms with Crippen LogP contribution in [-0.4, -0.2) is 32.6 Å². The number of hydrogen-bond donors (Lipinski definition) is 0. The number of piperidine rings is 1. The van der Waals surface area contributed by atoms with Crippen LogP contribution in [-0.2, 0) is 4.74 Å². The van der Waals surface area contributed by atoms with Gasteiger partial charge in [-0.1, -0.05) is 0 Å². The van der Waals surface area contributed by atoms with E-state index in [1.165, 1.54) is 6.92 Å². The van der Waals surface area contributed by atoms with Gasteiger partial charge in [-0.3, -0.25) is 4.79 Å². The molecule has 1 aliphatic heterocycles. The fourth-order valence-electron chi connectivity index (χ4n) is 2.24. The van der Waals surface area contributed by atoms with Gasteiger partial charge in [0.2, 0.25) is 0 Å². The van der Waals surface area contributed by atoms with Gasteiger partial charge in [-0.15, -0.1) is 0 Å². The molecule has 1 fully saturated rings. The molecule has 1 aliphatic rings. The SMILES string of the molecule is COCC1CCN(c2ccc(C(C)=O)o2)CC1. The molecule has 0 spiro atoms. The van der Waals surface area contributed by atoms with Gasteiger partial charge in [-0.25, -0.2) is 0 Å². The van der Waals surface area contributed by atoms with E-state index >= 15 is 0 Å². The van der Waals surface area contributed by atoms with Gasteiger partial charge >= 0.3 is 0 Å². The standard InChI is InChI=1S/C13H19NO3/c1-10(15)12-3-4-13(17-12)14-7-5-11(6-8-14)9-16-2/h3-4,11H,5-9H2,1-2H3. The van der Waals surface area contributed by atoms with Gasteiger partial charge < -0.3 is 14.1 Å². The lowest BCUT2D eigenvalue weighted by atomic mass is 9.98. The van der Waals surface area contributed by atoms with Crippen molar-refractivity contribution in [2.45, 2.75) is 19.8 Å². The second kappa shape index (κ2) is 5.36. The van der Waals surface area contributed by atoms with Gasteiger partial charge in [-0.05, 0) is 24.8 Å². The Morgan fingerprint density at radius 3 is 2.71 bits per heavy atom. The van der Waals surface area contributed by atoms with Crippen molar-refractivity contribution < 1.29 is 13.9 Å². The lowest BCUT2D eigenvalue weighted by Crippen LogP contribution is -2.34. The second-order valence-corrected chi connectivity index (χ2v) is 4.58. The Labute approximate surface area is 102 Å². The summed E-state index contributed by atoms with van der Waals surface area (Å²) in [5, 5.41) is 0. The van der Waals surface area contributed by atoms with Crippen LogP contribution in [0.15, 0.2) is 16.5 Å². The molecule has 0 atom stereocenters. The van der Waals surface area contributed by atoms with E-state index in [0.29, 0.717) is 11.7 Å². The summed E-state index contributed by atoms with van der Waals surface area (Å²) >= 11 is 0. The van der Waals surface area contributed by atoms with Crippen molar-refractivity contribution in [1.29, 1.82) is 0 Å². The summed E-state index contributed by atoms with van der Waals surface area (Å²) in [7, 11) is 1.75. The molecule has 1 aromatic rings. The lowest BCUT2D eigenvalue weighted by Gasteiger charge is -2.31. The molecule has 1 aromatic heterocycles. The zero-order chi connectivity index (χ0) is 12.3. The minimum Gasteiger partial charge on any atom is -0.437 e. The molecule has 0 saturated carbocycles. The van der Waals surface area contributed by atoms with Crippen LogP contribution in [0.1, 0.15) is 30.3 Å². The summed E-state index contributed by atoms with van der Waals surface area (Å²) in [4.78, 5) is 13.3. The molecule has 2 rings (SSSR count). The van der Waals surface area contributed by atoms with E-state index in [-0.39, 0.29) is 5.78 Å². The third-order valence-corrected chi connectivity index (χ3v) is 3.27. The van der Waals surface area contributed by atoms with Crippen molar-refractivity contribution in [1.82, 2.24) is 0 Å². The molecule has 1 saturated heterocycles. The number of hydrogen-bond acceptors (Lipinski definition) is 4. The van der Waals surface area contributed by atoms with Crippen LogP contribution in [0, 0.1) is 5.92 Å². The van der Waals surface area contributed by atoms with Crippen molar-refractivity contribution in [2.24, 2.45) is 5.92 Å². The number of methoxy groups -OCH3 is 1. The van der Waals surface area contributed by atoms with Crippen LogP contribution < -0.4 is 4.90 Å². The largest absolute Gasteiger partial charge is 0.437 e. The number of ketones is 1. The topological polar surface area (TPSA) is 42.7 Å². The zero-order valence-corrected chi connectivity index (χ0v) is 10.4. The van der Waals surface area contributed by atoms with Gasteiger partial charge in [-0.2, -0.15) is 0 Å². The van der Waals surface area contributed by atoms with Gasteiger partial charge in [0, 0.05) is 39.8 Å². The van der Waals surface area contributed by atoms with Crippen LogP contribution in [0.4, 0.5) is 5.88 Å². The molecule has 4 heteroatoms. The number of furan rings is 1. The summed E-state index contributed by atoms with van der Waals surface area (Å²) < 4.78 is 10.7. The summed E-state index contributed by atoms with van der Waals surface area (Å²) in [6, 6.07) is 3.63. The van der Waals surface area contributed by atoms with Crippen molar-refractivity contribution in [3.8, 4) is 0 Å². The fourth-order valence-corrected chi connectivity index (χ4v) is 2.24. The molecule has 0 radical (unpaired) electrons. The summed E-state index contributed by atoms with van der Waals surface area (Å²) in [6.45, 7) is 4.30. The Balaban J connectivity index is 1.93. The highest BCUT2D eigenvalue weighted by Gasteiger charge is 2.21. The van der Waals surface area contributed by atoms with Gasteiger partial charge in [0.25, 0.3) is 0 Å². The van der Waals surface area contributed by atoms with Crippen molar-refractivity contribution in [2.75, 3.05) is 31.7 Å². The van der Waals surface area contributed by atoms with Crippen LogP contribution >= 0.6 is 0 Å². The molecule has 0 unspecified atom stereocenters. The molecule has 0 bridgehead atoms. The minimum absolute atomic E-state index is 0.0227. The first-order chi connectivity index (χ1) is 8.20. The van der Waals surface area contributed by atoms with Crippen LogP contribution in [0.5, 0.6) is 0 Å². The summed E-state index contributed by atoms with van der Waals surface area (Å²) in [5.74, 6) is 1.88. The molecular formula is C13H19NO3. The van der Waals surface area contributed by atoms with Crippen molar-refractivity contribution in [3.05, 3.63) is 17.9 Å². The molecule has 0 N–H and O–H groups in total. The van der Waals surface area contributed by atoms with Crippen molar-refractivity contribution in [3.63, 3.8) is 0 Å². The third-order valence-electron chi connectivity index (χ3n) is 3.27. The van der Waals surface area contributed by atoms with E-state index in [4.69, 9.17) is 9.15 Å². The zero-order valence-electron chi connectivity index (χ0n) is 10.4. The maximum absolute atomic E-state index is 11.1. The summed E-state index contributed by atoms with van der Waals surface area (Å²) in [6.07, 6.45) is 2.23. The Kier molecular flexibility index (Phi) is 3.84. The first kappa shape index (κ1) is 12.2. The number of anilines is 1. The summed E-state index contributed by atoms with van der Waals surface area (Å²) in [5.41, 5.74) is 0. The van der Waals surface area contributed by atoms with Gasteiger partial charge in [0.15, 0.2) is 17.4 Å². The highest BCUT2D eigenvalue weighted by molar-refractivity contribution is 5.91. The number of nitrogens with zero attached hydrogens (tertiary/aromatic N) is 1. The normalized spacial score (nSPS) is 17.4. The van der Waals surface area contributed by atoms with E-state index in [0.717, 1.165) is 38.4 Å². The number of Topliss-reactive ketones (excluding diaryl/α,β-unsaturated/α-hetero) is 1. The molecule has 2 heterocycles. The minimum atomic E-state index is -0.0227. The van der Waals surface area contributed by atoms with Crippen molar-refractivity contribution >= 4 is 11.7 Å². The van der Waals surface area contributed by atoms with E-state index in [1.54, 1.807) is 13.2 Å². The quantitative estimate of drug-likeness (QED) is 0.754. The Bertz CT molecular complexity index is 378. The third kappa shape index (κ3) is 2.88. The van der Waals surface area contributed by atoms with E-state index in [9.17, 15) is 4.79 Å². The molecular weight excluding hydrogens is 218 g/mol. The van der Waals surface area contributed by atoms with E-state index < -0.39 is 0 Å². The van der Waals surface area contributed by atoms with Crippen LogP contribution in [0.2, 0.25) is 0 Å². The predicted molar refractivity (Wildman–Crippen MR) is 65.5 cm³/mol. The average Bonchev–Trinajstić information content (AvgIpc) is 2.80. The first-order valence-electron chi connectivity index (χ1n) is 6.05. The number of rotatable bonds is 4. The van der Waals surface area contributed by atoms with Crippen LogP contribution in [0.3, 0.4) is 0 Å². The number of carbonyl (C=O) groups is 1. The maximum Gasteiger partial charge on any atom is 0.196 e. The Hall–Kier alpha value is -1.29.